The Hall–Kier alpha value is -2.15. The largest absolute Gasteiger partial charge is 0.462 e. The Bertz CT molecular complexity index is 756. The number of hydrogen-bond donors (Lipinski definition) is 1. The van der Waals surface area contributed by atoms with Crippen molar-refractivity contribution in [2.24, 2.45) is 0 Å². The van der Waals surface area contributed by atoms with Crippen LogP contribution in [-0.2, 0) is 9.47 Å². The number of rotatable bonds is 5. The van der Waals surface area contributed by atoms with Crippen LogP contribution < -0.4 is 0 Å². The van der Waals surface area contributed by atoms with Crippen LogP contribution in [0.1, 0.15) is 56.9 Å². The summed E-state index contributed by atoms with van der Waals surface area (Å²) in [4.78, 5) is 39.8. The lowest BCUT2D eigenvalue weighted by Crippen LogP contribution is -2.10. The van der Waals surface area contributed by atoms with Gasteiger partial charge in [-0.25, -0.2) is 9.59 Å². The minimum Gasteiger partial charge on any atom is -0.462 e. The number of aryl methyl sites for hydroxylation is 1. The molecule has 0 aliphatic carbocycles. The molecule has 0 bridgehead atoms. The third-order valence-electron chi connectivity index (χ3n) is 3.18. The first-order valence-electron chi connectivity index (χ1n) is 6.92. The number of hydrogen-bond acceptors (Lipinski definition) is 6. The SMILES string of the molecule is CCOC(=O)c1[nH]c2sc(C(=O)OCC)c(C)c2c1C(C)=O. The third kappa shape index (κ3) is 2.64. The zero-order valence-corrected chi connectivity index (χ0v) is 13.7. The van der Waals surface area contributed by atoms with Crippen molar-refractivity contribution < 1.29 is 23.9 Å². The fourth-order valence-corrected chi connectivity index (χ4v) is 3.42. The molecule has 0 aromatic carbocycles. The number of H-pyrrole nitrogens is 1. The number of Topliss-reactive ketones (excluding diaryl/α,β-unsaturated/α-hetero) is 1. The molecule has 118 valence electrons. The summed E-state index contributed by atoms with van der Waals surface area (Å²) in [5.41, 5.74) is 1.03. The van der Waals surface area contributed by atoms with Gasteiger partial charge in [-0.15, -0.1) is 11.3 Å². The van der Waals surface area contributed by atoms with Crippen molar-refractivity contribution in [3.63, 3.8) is 0 Å². The van der Waals surface area contributed by atoms with Crippen LogP contribution in [0.15, 0.2) is 0 Å². The Kier molecular flexibility index (Phi) is 4.65. The molecule has 0 atom stereocenters. The van der Waals surface area contributed by atoms with Crippen LogP contribution in [0.3, 0.4) is 0 Å². The van der Waals surface area contributed by atoms with Gasteiger partial charge in [-0.3, -0.25) is 4.79 Å². The highest BCUT2D eigenvalue weighted by Gasteiger charge is 2.27. The second kappa shape index (κ2) is 6.31. The van der Waals surface area contributed by atoms with Crippen molar-refractivity contribution in [3.05, 3.63) is 21.7 Å². The van der Waals surface area contributed by atoms with Crippen molar-refractivity contribution in [2.45, 2.75) is 27.7 Å². The van der Waals surface area contributed by atoms with Gasteiger partial charge in [0.15, 0.2) is 5.78 Å². The van der Waals surface area contributed by atoms with E-state index in [9.17, 15) is 14.4 Å². The predicted octanol–water partition coefficient (Wildman–Crippen LogP) is 3.09. The molecule has 7 heteroatoms. The monoisotopic (exact) mass is 323 g/mol. The Morgan fingerprint density at radius 1 is 1.09 bits per heavy atom. The Balaban J connectivity index is 2.64. The number of esters is 2. The Morgan fingerprint density at radius 3 is 2.23 bits per heavy atom. The summed E-state index contributed by atoms with van der Waals surface area (Å²) >= 11 is 1.17. The molecule has 0 aliphatic rings. The van der Waals surface area contributed by atoms with Gasteiger partial charge in [0, 0.05) is 5.39 Å². The first kappa shape index (κ1) is 16.2. The smallest absolute Gasteiger partial charge is 0.355 e. The molecule has 0 aliphatic heterocycles. The fraction of sp³-hybridized carbons (Fsp3) is 0.400. The van der Waals surface area contributed by atoms with E-state index >= 15 is 0 Å². The van der Waals surface area contributed by atoms with E-state index in [1.165, 1.54) is 18.3 Å². The second-order valence-corrected chi connectivity index (χ2v) is 5.65. The van der Waals surface area contributed by atoms with Crippen LogP contribution in [-0.4, -0.2) is 35.9 Å². The van der Waals surface area contributed by atoms with Gasteiger partial charge in [0.2, 0.25) is 0 Å². The molecule has 0 saturated carbocycles. The van der Waals surface area contributed by atoms with Crippen LogP contribution in [0, 0.1) is 6.92 Å². The minimum absolute atomic E-state index is 0.133. The number of ketones is 1. The molecular formula is C15H17NO5S. The highest BCUT2D eigenvalue weighted by Crippen LogP contribution is 2.35. The van der Waals surface area contributed by atoms with Crippen LogP contribution in [0.25, 0.3) is 10.2 Å². The van der Waals surface area contributed by atoms with E-state index < -0.39 is 11.9 Å². The van der Waals surface area contributed by atoms with Crippen molar-refractivity contribution in [2.75, 3.05) is 13.2 Å². The average molecular weight is 323 g/mol. The average Bonchev–Trinajstić information content (AvgIpc) is 2.97. The second-order valence-electron chi connectivity index (χ2n) is 4.63. The van der Waals surface area contributed by atoms with Crippen LogP contribution >= 0.6 is 11.3 Å². The molecule has 0 radical (unpaired) electrons. The lowest BCUT2D eigenvalue weighted by Gasteiger charge is -2.03. The Labute approximate surface area is 131 Å². The maximum absolute atomic E-state index is 12.0. The highest BCUT2D eigenvalue weighted by atomic mass is 32.1. The maximum atomic E-state index is 12.0. The number of carbonyl (C=O) groups excluding carboxylic acids is 3. The zero-order chi connectivity index (χ0) is 16.4. The van der Waals surface area contributed by atoms with Crippen molar-refractivity contribution in [1.29, 1.82) is 0 Å². The van der Waals surface area contributed by atoms with Crippen molar-refractivity contribution in [1.82, 2.24) is 4.98 Å². The summed E-state index contributed by atoms with van der Waals surface area (Å²) in [5, 5.41) is 0.587. The minimum atomic E-state index is -0.576. The first-order chi connectivity index (χ1) is 10.4. The zero-order valence-electron chi connectivity index (χ0n) is 12.9. The van der Waals surface area contributed by atoms with E-state index in [1.807, 2.05) is 0 Å². The Morgan fingerprint density at radius 2 is 1.68 bits per heavy atom. The summed E-state index contributed by atoms with van der Waals surface area (Å²) in [7, 11) is 0. The molecule has 2 heterocycles. The summed E-state index contributed by atoms with van der Waals surface area (Å²) in [6, 6.07) is 0. The van der Waals surface area contributed by atoms with E-state index in [0.717, 1.165) is 0 Å². The molecule has 0 unspecified atom stereocenters. The molecule has 0 saturated heterocycles. The van der Waals surface area contributed by atoms with Gasteiger partial charge >= 0.3 is 11.9 Å². The molecule has 2 aromatic rings. The summed E-state index contributed by atoms with van der Waals surface area (Å²) in [5.74, 6) is -1.26. The molecule has 0 fully saturated rings. The number of ether oxygens (including phenoxy) is 2. The van der Waals surface area contributed by atoms with Gasteiger partial charge < -0.3 is 14.5 Å². The molecular weight excluding hydrogens is 306 g/mol. The molecule has 1 N–H and O–H groups in total. The van der Waals surface area contributed by atoms with Gasteiger partial charge in [-0.1, -0.05) is 0 Å². The van der Waals surface area contributed by atoms with Gasteiger partial charge in [-0.2, -0.15) is 0 Å². The van der Waals surface area contributed by atoms with Gasteiger partial charge in [0.1, 0.15) is 15.4 Å². The third-order valence-corrected chi connectivity index (χ3v) is 4.37. The number of aromatic amines is 1. The number of thiophene rings is 1. The number of fused-ring (bicyclic) bond motifs is 1. The summed E-state index contributed by atoms with van der Waals surface area (Å²) in [6.45, 7) is 7.04. The van der Waals surface area contributed by atoms with E-state index in [4.69, 9.17) is 9.47 Å². The van der Waals surface area contributed by atoms with E-state index in [1.54, 1.807) is 20.8 Å². The summed E-state index contributed by atoms with van der Waals surface area (Å²) < 4.78 is 9.97. The molecule has 6 nitrogen and oxygen atoms in total. The van der Waals surface area contributed by atoms with Gasteiger partial charge in [0.05, 0.1) is 18.8 Å². The van der Waals surface area contributed by atoms with E-state index in [0.29, 0.717) is 20.7 Å². The number of carbonyl (C=O) groups is 3. The predicted molar refractivity (Wildman–Crippen MR) is 82.8 cm³/mol. The standard InChI is InChI=1S/C15H17NO5S/c1-5-20-14(18)11-10(8(4)17)9-7(3)12(15(19)21-6-2)22-13(9)16-11/h16H,5-6H2,1-4H3. The normalized spacial score (nSPS) is 10.7. The lowest BCUT2D eigenvalue weighted by atomic mass is 10.1. The van der Waals surface area contributed by atoms with Crippen LogP contribution in [0.5, 0.6) is 0 Å². The molecule has 2 rings (SSSR count). The van der Waals surface area contributed by atoms with Crippen molar-refractivity contribution >= 4 is 39.3 Å². The molecule has 2 aromatic heterocycles. The summed E-state index contributed by atoms with van der Waals surface area (Å²) in [6.07, 6.45) is 0. The fourth-order valence-electron chi connectivity index (χ4n) is 2.30. The van der Waals surface area contributed by atoms with E-state index in [2.05, 4.69) is 4.98 Å². The molecule has 0 spiro atoms. The first-order valence-corrected chi connectivity index (χ1v) is 7.74. The molecule has 0 amide bonds. The van der Waals surface area contributed by atoms with Crippen LogP contribution in [0.4, 0.5) is 0 Å². The maximum Gasteiger partial charge on any atom is 0.355 e. The van der Waals surface area contributed by atoms with E-state index in [-0.39, 0.29) is 30.3 Å². The van der Waals surface area contributed by atoms with Gasteiger partial charge in [-0.05, 0) is 33.3 Å². The lowest BCUT2D eigenvalue weighted by molar-refractivity contribution is 0.0514. The highest BCUT2D eigenvalue weighted by molar-refractivity contribution is 7.20. The number of nitrogens with one attached hydrogen (secondary N) is 1. The topological polar surface area (TPSA) is 85.5 Å². The quantitative estimate of drug-likeness (QED) is 0.675. The van der Waals surface area contributed by atoms with Crippen LogP contribution in [0.2, 0.25) is 0 Å². The van der Waals surface area contributed by atoms with Gasteiger partial charge in [0.25, 0.3) is 0 Å². The van der Waals surface area contributed by atoms with Crippen molar-refractivity contribution in [3.8, 4) is 0 Å². The number of aromatic nitrogens is 1. The molecule has 22 heavy (non-hydrogen) atoms.